The molecule has 1 rings (SSSR count). The van der Waals surface area contributed by atoms with Gasteiger partial charge in [0.05, 0.1) is 11.6 Å². The van der Waals surface area contributed by atoms with Crippen molar-refractivity contribution in [2.24, 2.45) is 0 Å². The van der Waals surface area contributed by atoms with Gasteiger partial charge in [0.15, 0.2) is 6.79 Å². The lowest BCUT2D eigenvalue weighted by Crippen LogP contribution is -1.99. The Bertz CT molecular complexity index is 276. The molecule has 4 heteroatoms. The van der Waals surface area contributed by atoms with Gasteiger partial charge in [0.1, 0.15) is 5.75 Å². The van der Waals surface area contributed by atoms with Crippen LogP contribution >= 0.6 is 11.6 Å². The second-order valence-electron chi connectivity index (χ2n) is 2.47. The number of hydrogen-bond acceptors (Lipinski definition) is 3. The van der Waals surface area contributed by atoms with Crippen LogP contribution in [0, 0.1) is 0 Å². The van der Waals surface area contributed by atoms with Gasteiger partial charge in [0, 0.05) is 7.11 Å². The molecule has 72 valence electrons. The van der Waals surface area contributed by atoms with Crippen molar-refractivity contribution < 1.29 is 14.6 Å². The van der Waals surface area contributed by atoms with E-state index in [1.807, 2.05) is 0 Å². The van der Waals surface area contributed by atoms with E-state index in [0.717, 1.165) is 5.56 Å². The first-order valence-corrected chi connectivity index (χ1v) is 4.16. The van der Waals surface area contributed by atoms with Gasteiger partial charge in [-0.15, -0.1) is 0 Å². The molecular formula is C9H11ClO3. The highest BCUT2D eigenvalue weighted by molar-refractivity contribution is 6.32. The van der Waals surface area contributed by atoms with Crippen molar-refractivity contribution in [1.29, 1.82) is 0 Å². The Kier molecular flexibility index (Phi) is 4.02. The summed E-state index contributed by atoms with van der Waals surface area (Å²) in [6, 6.07) is 5.10. The smallest absolute Gasteiger partial charge is 0.188 e. The molecule has 0 saturated heterocycles. The molecule has 0 bridgehead atoms. The average molecular weight is 203 g/mol. The highest BCUT2D eigenvalue weighted by atomic mass is 35.5. The van der Waals surface area contributed by atoms with E-state index in [0.29, 0.717) is 10.8 Å². The molecule has 0 amide bonds. The van der Waals surface area contributed by atoms with Crippen LogP contribution in [0.5, 0.6) is 5.75 Å². The number of hydrogen-bond donors (Lipinski definition) is 1. The molecule has 0 unspecified atom stereocenters. The largest absolute Gasteiger partial charge is 0.466 e. The molecule has 0 atom stereocenters. The van der Waals surface area contributed by atoms with Crippen LogP contribution in [0.1, 0.15) is 5.56 Å². The van der Waals surface area contributed by atoms with Crippen molar-refractivity contribution >= 4 is 11.6 Å². The zero-order chi connectivity index (χ0) is 9.68. The predicted molar refractivity (Wildman–Crippen MR) is 49.9 cm³/mol. The summed E-state index contributed by atoms with van der Waals surface area (Å²) in [6.45, 7) is 0.120. The fourth-order valence-corrected chi connectivity index (χ4v) is 1.05. The fraction of sp³-hybridized carbons (Fsp3) is 0.333. The number of halogens is 1. The standard InChI is InChI=1S/C9H11ClO3/c1-12-6-13-9-4-7(5-11)2-3-8(9)10/h2-4,11H,5-6H2,1H3. The molecule has 0 aliphatic heterocycles. The third-order valence-electron chi connectivity index (χ3n) is 1.51. The van der Waals surface area contributed by atoms with Crippen LogP contribution in [0.2, 0.25) is 5.02 Å². The lowest BCUT2D eigenvalue weighted by molar-refractivity contribution is 0.0510. The minimum Gasteiger partial charge on any atom is -0.466 e. The van der Waals surface area contributed by atoms with Gasteiger partial charge in [-0.3, -0.25) is 0 Å². The van der Waals surface area contributed by atoms with Gasteiger partial charge < -0.3 is 14.6 Å². The first-order valence-electron chi connectivity index (χ1n) is 3.79. The van der Waals surface area contributed by atoms with E-state index >= 15 is 0 Å². The monoisotopic (exact) mass is 202 g/mol. The maximum atomic E-state index is 8.85. The van der Waals surface area contributed by atoms with Crippen LogP contribution in [0.3, 0.4) is 0 Å². The van der Waals surface area contributed by atoms with Crippen LogP contribution in [0.25, 0.3) is 0 Å². The molecule has 0 radical (unpaired) electrons. The zero-order valence-corrected chi connectivity index (χ0v) is 8.04. The molecule has 0 spiro atoms. The van der Waals surface area contributed by atoms with E-state index in [1.165, 1.54) is 7.11 Å². The summed E-state index contributed by atoms with van der Waals surface area (Å²) in [5, 5.41) is 9.36. The second-order valence-corrected chi connectivity index (χ2v) is 2.88. The lowest BCUT2D eigenvalue weighted by atomic mass is 10.2. The molecule has 0 aromatic heterocycles. The molecule has 0 aliphatic carbocycles. The minimum absolute atomic E-state index is 0.0273. The molecule has 1 aromatic carbocycles. The molecule has 0 fully saturated rings. The first kappa shape index (κ1) is 10.3. The highest BCUT2D eigenvalue weighted by Crippen LogP contribution is 2.25. The van der Waals surface area contributed by atoms with E-state index in [9.17, 15) is 0 Å². The van der Waals surface area contributed by atoms with Crippen molar-refractivity contribution in [3.8, 4) is 5.75 Å². The summed E-state index contributed by atoms with van der Waals surface area (Å²) >= 11 is 5.83. The number of rotatable bonds is 4. The van der Waals surface area contributed by atoms with E-state index in [1.54, 1.807) is 18.2 Å². The molecule has 0 saturated carbocycles. The van der Waals surface area contributed by atoms with E-state index < -0.39 is 0 Å². The van der Waals surface area contributed by atoms with Gasteiger partial charge in [-0.2, -0.15) is 0 Å². The number of aliphatic hydroxyl groups excluding tert-OH is 1. The van der Waals surface area contributed by atoms with Gasteiger partial charge in [0.25, 0.3) is 0 Å². The Labute approximate surface area is 81.9 Å². The van der Waals surface area contributed by atoms with Crippen molar-refractivity contribution in [2.45, 2.75) is 6.61 Å². The van der Waals surface area contributed by atoms with Crippen molar-refractivity contribution in [1.82, 2.24) is 0 Å². The maximum Gasteiger partial charge on any atom is 0.188 e. The highest BCUT2D eigenvalue weighted by Gasteiger charge is 2.02. The number of methoxy groups -OCH3 is 1. The Morgan fingerprint density at radius 1 is 1.46 bits per heavy atom. The topological polar surface area (TPSA) is 38.7 Å². The predicted octanol–water partition coefficient (Wildman–Crippen LogP) is 1.81. The SMILES string of the molecule is COCOc1cc(CO)ccc1Cl. The fourth-order valence-electron chi connectivity index (χ4n) is 0.879. The van der Waals surface area contributed by atoms with Crippen LogP contribution < -0.4 is 4.74 Å². The second kappa shape index (κ2) is 5.07. The van der Waals surface area contributed by atoms with Gasteiger partial charge in [-0.25, -0.2) is 0 Å². The molecule has 13 heavy (non-hydrogen) atoms. The van der Waals surface area contributed by atoms with Crippen LogP contribution in [0.4, 0.5) is 0 Å². The van der Waals surface area contributed by atoms with Crippen molar-refractivity contribution in [2.75, 3.05) is 13.9 Å². The lowest BCUT2D eigenvalue weighted by Gasteiger charge is -2.07. The third-order valence-corrected chi connectivity index (χ3v) is 1.82. The number of benzene rings is 1. The summed E-state index contributed by atoms with van der Waals surface area (Å²) in [5.74, 6) is 0.523. The summed E-state index contributed by atoms with van der Waals surface area (Å²) in [6.07, 6.45) is 0. The molecule has 3 nitrogen and oxygen atoms in total. The van der Waals surface area contributed by atoms with Gasteiger partial charge in [0.2, 0.25) is 0 Å². The zero-order valence-electron chi connectivity index (χ0n) is 7.29. The normalized spacial score (nSPS) is 10.1. The summed E-state index contributed by atoms with van der Waals surface area (Å²) < 4.78 is 9.89. The Hall–Kier alpha value is -0.770. The Morgan fingerprint density at radius 3 is 2.85 bits per heavy atom. The van der Waals surface area contributed by atoms with Crippen LogP contribution in [-0.2, 0) is 11.3 Å². The molecule has 0 aliphatic rings. The molecule has 0 heterocycles. The number of aliphatic hydroxyl groups is 1. The van der Waals surface area contributed by atoms with E-state index in [2.05, 4.69) is 0 Å². The van der Waals surface area contributed by atoms with Gasteiger partial charge in [-0.05, 0) is 17.7 Å². The van der Waals surface area contributed by atoms with Crippen LogP contribution in [0.15, 0.2) is 18.2 Å². The number of ether oxygens (including phenoxy) is 2. The molecule has 1 N–H and O–H groups in total. The first-order chi connectivity index (χ1) is 6.27. The van der Waals surface area contributed by atoms with Crippen LogP contribution in [-0.4, -0.2) is 19.0 Å². The van der Waals surface area contributed by atoms with Gasteiger partial charge >= 0.3 is 0 Å². The van der Waals surface area contributed by atoms with Gasteiger partial charge in [-0.1, -0.05) is 17.7 Å². The summed E-state index contributed by atoms with van der Waals surface area (Å²) in [7, 11) is 1.53. The Morgan fingerprint density at radius 2 is 2.23 bits per heavy atom. The van der Waals surface area contributed by atoms with Crippen molar-refractivity contribution in [3.63, 3.8) is 0 Å². The molecular weight excluding hydrogens is 192 g/mol. The summed E-state index contributed by atoms with van der Waals surface area (Å²) in [4.78, 5) is 0. The third kappa shape index (κ3) is 2.88. The van der Waals surface area contributed by atoms with Crippen molar-refractivity contribution in [3.05, 3.63) is 28.8 Å². The summed E-state index contributed by atoms with van der Waals surface area (Å²) in [5.41, 5.74) is 0.760. The Balaban J connectivity index is 2.78. The molecule has 1 aromatic rings. The average Bonchev–Trinajstić information content (AvgIpc) is 2.17. The minimum atomic E-state index is -0.0273. The quantitative estimate of drug-likeness (QED) is 0.757. The maximum absolute atomic E-state index is 8.85. The van der Waals surface area contributed by atoms with E-state index in [-0.39, 0.29) is 13.4 Å². The van der Waals surface area contributed by atoms with E-state index in [4.69, 9.17) is 26.2 Å².